The summed E-state index contributed by atoms with van der Waals surface area (Å²) in [7, 11) is -3.69. The minimum Gasteiger partial charge on any atom is -0.322 e. The SMILES string of the molecule is C/C=C/C=C/C(=O)Nc1ccc(Cl)c(S(=O)(=O)N(CC)CC)c1. The first-order chi connectivity index (χ1) is 10.9. The molecule has 0 unspecified atom stereocenters. The average molecular weight is 357 g/mol. The maximum atomic E-state index is 12.6. The molecule has 0 aliphatic carbocycles. The monoisotopic (exact) mass is 356 g/mol. The molecule has 0 aromatic heterocycles. The molecule has 0 saturated carbocycles. The summed E-state index contributed by atoms with van der Waals surface area (Å²) < 4.78 is 26.5. The first-order valence-electron chi connectivity index (χ1n) is 7.26. The Labute approximate surface area is 142 Å². The molecule has 0 heterocycles. The number of nitrogens with one attached hydrogen (secondary N) is 1. The van der Waals surface area contributed by atoms with Crippen molar-refractivity contribution in [3.8, 4) is 0 Å². The van der Waals surface area contributed by atoms with E-state index in [-0.39, 0.29) is 15.8 Å². The number of anilines is 1. The summed E-state index contributed by atoms with van der Waals surface area (Å²) in [6.07, 6.45) is 6.46. The molecule has 0 aliphatic rings. The number of amides is 1. The van der Waals surface area contributed by atoms with Gasteiger partial charge in [-0.15, -0.1) is 0 Å². The summed E-state index contributed by atoms with van der Waals surface area (Å²) in [5, 5.41) is 2.74. The largest absolute Gasteiger partial charge is 0.322 e. The number of rotatable bonds is 7. The number of carbonyl (C=O) groups is 1. The maximum absolute atomic E-state index is 12.6. The number of halogens is 1. The van der Waals surface area contributed by atoms with E-state index in [9.17, 15) is 13.2 Å². The first-order valence-corrected chi connectivity index (χ1v) is 9.08. The summed E-state index contributed by atoms with van der Waals surface area (Å²) in [6.45, 7) is 6.04. The molecule has 0 saturated heterocycles. The van der Waals surface area contributed by atoms with Crippen LogP contribution in [0.2, 0.25) is 5.02 Å². The van der Waals surface area contributed by atoms with Crippen molar-refractivity contribution in [2.45, 2.75) is 25.7 Å². The van der Waals surface area contributed by atoms with E-state index in [4.69, 9.17) is 11.6 Å². The van der Waals surface area contributed by atoms with E-state index in [0.717, 1.165) is 0 Å². The van der Waals surface area contributed by atoms with E-state index in [2.05, 4.69) is 5.32 Å². The molecule has 0 atom stereocenters. The van der Waals surface area contributed by atoms with Gasteiger partial charge in [0, 0.05) is 24.9 Å². The van der Waals surface area contributed by atoms with Crippen molar-refractivity contribution >= 4 is 33.2 Å². The third kappa shape index (κ3) is 5.20. The highest BCUT2D eigenvalue weighted by molar-refractivity contribution is 7.89. The van der Waals surface area contributed by atoms with Crippen LogP contribution >= 0.6 is 11.6 Å². The van der Waals surface area contributed by atoms with Crippen LogP contribution in [0.5, 0.6) is 0 Å². The van der Waals surface area contributed by atoms with Crippen molar-refractivity contribution in [1.82, 2.24) is 4.31 Å². The molecular weight excluding hydrogens is 336 g/mol. The number of hydrogen-bond acceptors (Lipinski definition) is 3. The molecule has 0 bridgehead atoms. The Morgan fingerprint density at radius 1 is 1.26 bits per heavy atom. The second-order valence-electron chi connectivity index (χ2n) is 4.61. The number of carbonyl (C=O) groups excluding carboxylic acids is 1. The zero-order valence-electron chi connectivity index (χ0n) is 13.4. The lowest BCUT2D eigenvalue weighted by molar-refractivity contribution is -0.111. The molecule has 0 spiro atoms. The third-order valence-corrected chi connectivity index (χ3v) is 5.60. The Kier molecular flexibility index (Phi) is 7.48. The molecule has 23 heavy (non-hydrogen) atoms. The van der Waals surface area contributed by atoms with Gasteiger partial charge < -0.3 is 5.32 Å². The van der Waals surface area contributed by atoms with Crippen LogP contribution < -0.4 is 5.32 Å². The Hall–Kier alpha value is -1.63. The maximum Gasteiger partial charge on any atom is 0.248 e. The quantitative estimate of drug-likeness (QED) is 0.601. The van der Waals surface area contributed by atoms with Gasteiger partial charge in [-0.1, -0.05) is 43.7 Å². The molecular formula is C16H21ClN2O3S. The molecule has 5 nitrogen and oxygen atoms in total. The van der Waals surface area contributed by atoms with Crippen LogP contribution in [0.3, 0.4) is 0 Å². The number of sulfonamides is 1. The molecule has 1 aromatic rings. The van der Waals surface area contributed by atoms with E-state index in [1.165, 1.54) is 22.5 Å². The molecule has 1 N–H and O–H groups in total. The smallest absolute Gasteiger partial charge is 0.248 e. The van der Waals surface area contributed by atoms with E-state index in [1.54, 1.807) is 38.1 Å². The summed E-state index contributed by atoms with van der Waals surface area (Å²) in [6, 6.07) is 4.39. The molecule has 0 aliphatic heterocycles. The van der Waals surface area contributed by atoms with Crippen LogP contribution in [0.15, 0.2) is 47.4 Å². The fourth-order valence-electron chi connectivity index (χ4n) is 1.92. The standard InChI is InChI=1S/C16H21ClN2O3S/c1-4-7-8-9-16(20)18-13-10-11-14(17)15(12-13)23(21,22)19(5-2)6-3/h4,7-12H,5-6H2,1-3H3,(H,18,20)/b7-4+,9-8+. The fraction of sp³-hybridized carbons (Fsp3) is 0.312. The van der Waals surface area contributed by atoms with Crippen molar-refractivity contribution in [1.29, 1.82) is 0 Å². The van der Waals surface area contributed by atoms with E-state index in [1.807, 2.05) is 6.92 Å². The molecule has 1 amide bonds. The van der Waals surface area contributed by atoms with Gasteiger partial charge in [-0.2, -0.15) is 4.31 Å². The number of benzene rings is 1. The van der Waals surface area contributed by atoms with Crippen molar-refractivity contribution in [3.63, 3.8) is 0 Å². The van der Waals surface area contributed by atoms with Gasteiger partial charge in [0.2, 0.25) is 15.9 Å². The van der Waals surface area contributed by atoms with Gasteiger partial charge in [0.15, 0.2) is 0 Å². The lowest BCUT2D eigenvalue weighted by atomic mass is 10.3. The summed E-state index contributed by atoms with van der Waals surface area (Å²) >= 11 is 6.04. The van der Waals surface area contributed by atoms with Crippen molar-refractivity contribution in [3.05, 3.63) is 47.5 Å². The zero-order valence-corrected chi connectivity index (χ0v) is 15.0. The van der Waals surface area contributed by atoms with Gasteiger partial charge >= 0.3 is 0 Å². The molecule has 1 aromatic carbocycles. The molecule has 126 valence electrons. The Morgan fingerprint density at radius 2 is 1.91 bits per heavy atom. The Morgan fingerprint density at radius 3 is 2.48 bits per heavy atom. The topological polar surface area (TPSA) is 66.5 Å². The minimum absolute atomic E-state index is 0.0156. The van der Waals surface area contributed by atoms with Crippen LogP contribution in [-0.2, 0) is 14.8 Å². The molecule has 0 fully saturated rings. The van der Waals surface area contributed by atoms with E-state index < -0.39 is 10.0 Å². The number of hydrogen-bond donors (Lipinski definition) is 1. The highest BCUT2D eigenvalue weighted by atomic mass is 35.5. The Balaban J connectivity index is 3.11. The minimum atomic E-state index is -3.69. The summed E-state index contributed by atoms with van der Waals surface area (Å²) in [5.41, 5.74) is 0.371. The van der Waals surface area contributed by atoms with Gasteiger partial charge in [-0.05, 0) is 25.1 Å². The van der Waals surface area contributed by atoms with Crippen LogP contribution in [0, 0.1) is 0 Å². The zero-order chi connectivity index (χ0) is 17.5. The van der Waals surface area contributed by atoms with Crippen molar-refractivity contribution in [2.24, 2.45) is 0 Å². The third-order valence-electron chi connectivity index (χ3n) is 3.07. The van der Waals surface area contributed by atoms with Crippen LogP contribution in [0.4, 0.5) is 5.69 Å². The van der Waals surface area contributed by atoms with Gasteiger partial charge in [0.05, 0.1) is 5.02 Å². The Bertz CT molecular complexity index is 708. The van der Waals surface area contributed by atoms with Gasteiger partial charge in [-0.25, -0.2) is 8.42 Å². The predicted octanol–water partition coefficient (Wildman–Crippen LogP) is 3.44. The van der Waals surface area contributed by atoms with Crippen LogP contribution in [0.25, 0.3) is 0 Å². The highest BCUT2D eigenvalue weighted by Gasteiger charge is 2.24. The van der Waals surface area contributed by atoms with Gasteiger partial charge in [0.25, 0.3) is 0 Å². The van der Waals surface area contributed by atoms with Crippen LogP contribution in [-0.4, -0.2) is 31.7 Å². The van der Waals surface area contributed by atoms with Crippen molar-refractivity contribution in [2.75, 3.05) is 18.4 Å². The average Bonchev–Trinajstić information content (AvgIpc) is 2.50. The predicted molar refractivity (Wildman–Crippen MR) is 94.1 cm³/mol. The van der Waals surface area contributed by atoms with E-state index in [0.29, 0.717) is 18.8 Å². The second-order valence-corrected chi connectivity index (χ2v) is 6.92. The highest BCUT2D eigenvalue weighted by Crippen LogP contribution is 2.27. The normalized spacial score (nSPS) is 12.4. The van der Waals surface area contributed by atoms with Crippen LogP contribution in [0.1, 0.15) is 20.8 Å². The molecule has 7 heteroatoms. The summed E-state index contributed by atoms with van der Waals surface area (Å²) in [4.78, 5) is 11.7. The van der Waals surface area contributed by atoms with Crippen molar-refractivity contribution < 1.29 is 13.2 Å². The van der Waals surface area contributed by atoms with E-state index >= 15 is 0 Å². The summed E-state index contributed by atoms with van der Waals surface area (Å²) in [5.74, 6) is -0.350. The lowest BCUT2D eigenvalue weighted by Crippen LogP contribution is -2.30. The molecule has 1 rings (SSSR count). The van der Waals surface area contributed by atoms with Gasteiger partial charge in [-0.3, -0.25) is 4.79 Å². The fourth-order valence-corrected chi connectivity index (χ4v) is 3.88. The number of allylic oxidation sites excluding steroid dienone is 3. The number of nitrogens with zero attached hydrogens (tertiary/aromatic N) is 1. The molecule has 0 radical (unpaired) electrons. The second kappa shape index (κ2) is 8.86. The lowest BCUT2D eigenvalue weighted by Gasteiger charge is -2.19. The van der Waals surface area contributed by atoms with Gasteiger partial charge in [0.1, 0.15) is 4.90 Å². The first kappa shape index (κ1) is 19.4.